The Morgan fingerprint density at radius 1 is 0.917 bits per heavy atom. The molecule has 0 saturated heterocycles. The van der Waals surface area contributed by atoms with Gasteiger partial charge in [-0.15, -0.1) is 0 Å². The SMILES string of the molecule is COC(=O)c1ccc(C(=O)Oc2cccc(C(F)(F)F)c2F)cc1. The molecule has 2 aromatic rings. The molecule has 0 amide bonds. The first-order valence-electron chi connectivity index (χ1n) is 6.50. The molecular formula is C16H10F4O4. The maximum atomic E-state index is 13.8. The summed E-state index contributed by atoms with van der Waals surface area (Å²) in [5, 5.41) is 0. The molecule has 24 heavy (non-hydrogen) atoms. The summed E-state index contributed by atoms with van der Waals surface area (Å²) in [7, 11) is 1.18. The van der Waals surface area contributed by atoms with Crippen molar-refractivity contribution in [2.45, 2.75) is 6.18 Å². The van der Waals surface area contributed by atoms with Gasteiger partial charge < -0.3 is 9.47 Å². The second-order valence-corrected chi connectivity index (χ2v) is 4.57. The van der Waals surface area contributed by atoms with Crippen LogP contribution in [0.1, 0.15) is 26.3 Å². The lowest BCUT2D eigenvalue weighted by atomic mass is 10.1. The first-order chi connectivity index (χ1) is 11.2. The highest BCUT2D eigenvalue weighted by molar-refractivity contribution is 5.94. The summed E-state index contributed by atoms with van der Waals surface area (Å²) in [6.45, 7) is 0. The largest absolute Gasteiger partial charge is 0.465 e. The van der Waals surface area contributed by atoms with E-state index in [1.54, 1.807) is 0 Å². The van der Waals surface area contributed by atoms with Gasteiger partial charge in [0.25, 0.3) is 0 Å². The van der Waals surface area contributed by atoms with E-state index in [4.69, 9.17) is 0 Å². The highest BCUT2D eigenvalue weighted by Crippen LogP contribution is 2.34. The van der Waals surface area contributed by atoms with Crippen LogP contribution in [-0.4, -0.2) is 19.0 Å². The highest BCUT2D eigenvalue weighted by Gasteiger charge is 2.35. The van der Waals surface area contributed by atoms with Crippen molar-refractivity contribution in [3.8, 4) is 5.75 Å². The molecule has 4 nitrogen and oxygen atoms in total. The van der Waals surface area contributed by atoms with Crippen LogP contribution in [0.15, 0.2) is 42.5 Å². The van der Waals surface area contributed by atoms with Crippen LogP contribution in [0.4, 0.5) is 17.6 Å². The molecule has 0 aliphatic rings. The maximum Gasteiger partial charge on any atom is 0.419 e. The second-order valence-electron chi connectivity index (χ2n) is 4.57. The lowest BCUT2D eigenvalue weighted by Gasteiger charge is -2.11. The van der Waals surface area contributed by atoms with Crippen molar-refractivity contribution < 1.29 is 36.6 Å². The van der Waals surface area contributed by atoms with E-state index in [1.165, 1.54) is 31.4 Å². The molecule has 0 aromatic heterocycles. The van der Waals surface area contributed by atoms with E-state index in [0.29, 0.717) is 6.07 Å². The minimum Gasteiger partial charge on any atom is -0.465 e. The van der Waals surface area contributed by atoms with Crippen molar-refractivity contribution in [2.75, 3.05) is 7.11 Å². The minimum atomic E-state index is -4.91. The lowest BCUT2D eigenvalue weighted by Crippen LogP contribution is -2.13. The van der Waals surface area contributed by atoms with E-state index < -0.39 is 35.2 Å². The molecular weight excluding hydrogens is 332 g/mol. The molecule has 0 radical (unpaired) electrons. The molecule has 2 rings (SSSR count). The summed E-state index contributed by atoms with van der Waals surface area (Å²) in [5.74, 6) is -4.21. The molecule has 0 fully saturated rings. The van der Waals surface area contributed by atoms with Gasteiger partial charge in [-0.1, -0.05) is 6.07 Å². The maximum absolute atomic E-state index is 13.8. The van der Waals surface area contributed by atoms with Gasteiger partial charge >= 0.3 is 18.1 Å². The monoisotopic (exact) mass is 342 g/mol. The Labute approximate surface area is 133 Å². The van der Waals surface area contributed by atoms with E-state index in [-0.39, 0.29) is 11.1 Å². The van der Waals surface area contributed by atoms with E-state index in [2.05, 4.69) is 9.47 Å². The molecule has 0 bridgehead atoms. The predicted molar refractivity (Wildman–Crippen MR) is 74.1 cm³/mol. The lowest BCUT2D eigenvalue weighted by molar-refractivity contribution is -0.140. The summed E-state index contributed by atoms with van der Waals surface area (Å²) >= 11 is 0. The fourth-order valence-corrected chi connectivity index (χ4v) is 1.83. The van der Waals surface area contributed by atoms with Crippen LogP contribution < -0.4 is 4.74 Å². The van der Waals surface area contributed by atoms with E-state index >= 15 is 0 Å². The van der Waals surface area contributed by atoms with Crippen LogP contribution in [0.25, 0.3) is 0 Å². The first kappa shape index (κ1) is 17.5. The number of hydrogen-bond donors (Lipinski definition) is 0. The number of carbonyl (C=O) groups is 2. The molecule has 0 heterocycles. The average molecular weight is 342 g/mol. The van der Waals surface area contributed by atoms with Gasteiger partial charge in [0.2, 0.25) is 0 Å². The Morgan fingerprint density at radius 3 is 1.96 bits per heavy atom. The average Bonchev–Trinajstić information content (AvgIpc) is 2.55. The van der Waals surface area contributed by atoms with Crippen LogP contribution in [0.5, 0.6) is 5.75 Å². The number of esters is 2. The van der Waals surface area contributed by atoms with Gasteiger partial charge in [-0.3, -0.25) is 0 Å². The number of halogens is 4. The Hall–Kier alpha value is -2.90. The third kappa shape index (κ3) is 3.70. The molecule has 0 aliphatic heterocycles. The Bertz CT molecular complexity index is 767. The molecule has 0 aliphatic carbocycles. The summed E-state index contributed by atoms with van der Waals surface area (Å²) in [6, 6.07) is 7.33. The Balaban J connectivity index is 2.23. The van der Waals surface area contributed by atoms with E-state index in [9.17, 15) is 27.2 Å². The molecule has 0 atom stereocenters. The third-order valence-electron chi connectivity index (χ3n) is 3.01. The molecule has 0 saturated carbocycles. The number of carbonyl (C=O) groups excluding carboxylic acids is 2. The molecule has 2 aromatic carbocycles. The molecule has 8 heteroatoms. The number of benzene rings is 2. The molecule has 126 valence electrons. The topological polar surface area (TPSA) is 52.6 Å². The van der Waals surface area contributed by atoms with Crippen LogP contribution in [0.2, 0.25) is 0 Å². The molecule has 0 N–H and O–H groups in total. The first-order valence-corrected chi connectivity index (χ1v) is 6.50. The van der Waals surface area contributed by atoms with Gasteiger partial charge in [0.1, 0.15) is 0 Å². The predicted octanol–water partition coefficient (Wildman–Crippen LogP) is 3.85. The number of hydrogen-bond acceptors (Lipinski definition) is 4. The summed E-state index contributed by atoms with van der Waals surface area (Å²) in [5.41, 5.74) is -1.44. The zero-order valence-corrected chi connectivity index (χ0v) is 12.2. The minimum absolute atomic E-state index is 0.0699. The van der Waals surface area contributed by atoms with Crippen molar-refractivity contribution >= 4 is 11.9 Å². The number of methoxy groups -OCH3 is 1. The summed E-state index contributed by atoms with van der Waals surface area (Å²) in [6.07, 6.45) is -4.91. The van der Waals surface area contributed by atoms with Crippen molar-refractivity contribution in [3.05, 3.63) is 65.0 Å². The summed E-state index contributed by atoms with van der Waals surface area (Å²) in [4.78, 5) is 23.2. The fourth-order valence-electron chi connectivity index (χ4n) is 1.83. The van der Waals surface area contributed by atoms with Crippen molar-refractivity contribution in [1.82, 2.24) is 0 Å². The molecule has 0 unspecified atom stereocenters. The standard InChI is InChI=1S/C16H10F4O4/c1-23-14(21)9-5-7-10(8-6-9)15(22)24-12-4-2-3-11(13(12)17)16(18,19)20/h2-8H,1H3. The zero-order valence-electron chi connectivity index (χ0n) is 12.2. The van der Waals surface area contributed by atoms with Gasteiger partial charge in [-0.2, -0.15) is 13.2 Å². The van der Waals surface area contributed by atoms with Gasteiger partial charge in [-0.05, 0) is 36.4 Å². The second kappa shape index (κ2) is 6.69. The number of ether oxygens (including phenoxy) is 2. The smallest absolute Gasteiger partial charge is 0.419 e. The van der Waals surface area contributed by atoms with Crippen LogP contribution in [0, 0.1) is 5.82 Å². The van der Waals surface area contributed by atoms with Crippen LogP contribution in [-0.2, 0) is 10.9 Å². The highest BCUT2D eigenvalue weighted by atomic mass is 19.4. The van der Waals surface area contributed by atoms with Gasteiger partial charge in [0.05, 0.1) is 23.8 Å². The van der Waals surface area contributed by atoms with Crippen LogP contribution >= 0.6 is 0 Å². The zero-order chi connectivity index (χ0) is 17.9. The fraction of sp³-hybridized carbons (Fsp3) is 0.125. The Morgan fingerprint density at radius 2 is 1.46 bits per heavy atom. The van der Waals surface area contributed by atoms with Gasteiger partial charge in [-0.25, -0.2) is 14.0 Å². The molecule has 0 spiro atoms. The van der Waals surface area contributed by atoms with Crippen molar-refractivity contribution in [3.63, 3.8) is 0 Å². The van der Waals surface area contributed by atoms with Crippen molar-refractivity contribution in [1.29, 1.82) is 0 Å². The number of rotatable bonds is 3. The normalized spacial score (nSPS) is 11.0. The van der Waals surface area contributed by atoms with Gasteiger partial charge in [0, 0.05) is 0 Å². The van der Waals surface area contributed by atoms with Gasteiger partial charge in [0.15, 0.2) is 11.6 Å². The van der Waals surface area contributed by atoms with Crippen molar-refractivity contribution in [2.24, 2.45) is 0 Å². The quantitative estimate of drug-likeness (QED) is 0.483. The summed E-state index contributed by atoms with van der Waals surface area (Å²) < 4.78 is 60.8. The Kier molecular flexibility index (Phi) is 4.87. The van der Waals surface area contributed by atoms with E-state index in [0.717, 1.165) is 12.1 Å². The van der Waals surface area contributed by atoms with Crippen LogP contribution in [0.3, 0.4) is 0 Å². The number of alkyl halides is 3. The van der Waals surface area contributed by atoms with E-state index in [1.807, 2.05) is 0 Å². The third-order valence-corrected chi connectivity index (χ3v) is 3.01.